The molecule has 10 heteroatoms. The average molecular weight is 419 g/mol. The number of benzene rings is 1. The van der Waals surface area contributed by atoms with Crippen molar-refractivity contribution >= 4 is 23.4 Å². The summed E-state index contributed by atoms with van der Waals surface area (Å²) in [6.07, 6.45) is 1.06. The Morgan fingerprint density at radius 3 is 2.60 bits per heavy atom. The Morgan fingerprint density at radius 1 is 1.33 bits per heavy atom. The first kappa shape index (κ1) is 21.5. The lowest BCUT2D eigenvalue weighted by Gasteiger charge is -2.28. The predicted molar refractivity (Wildman–Crippen MR) is 110 cm³/mol. The molecule has 3 atom stereocenters. The molecule has 162 valence electrons. The zero-order valence-electron chi connectivity index (χ0n) is 17.6. The topological polar surface area (TPSA) is 123 Å². The van der Waals surface area contributed by atoms with E-state index >= 15 is 0 Å². The number of likely N-dealkylation sites (tertiary alicyclic amines) is 1. The molecule has 0 aromatic heterocycles. The van der Waals surface area contributed by atoms with Crippen LogP contribution in [0.5, 0.6) is 5.75 Å². The summed E-state index contributed by atoms with van der Waals surface area (Å²) in [6, 6.07) is 2.33. The molecule has 1 aliphatic carbocycles. The molecule has 1 aromatic carbocycles. The summed E-state index contributed by atoms with van der Waals surface area (Å²) in [5.41, 5.74) is -0.715. The van der Waals surface area contributed by atoms with E-state index in [4.69, 9.17) is 9.47 Å². The summed E-state index contributed by atoms with van der Waals surface area (Å²) in [6.45, 7) is 7.58. The second kappa shape index (κ2) is 7.92. The Bertz CT molecular complexity index is 866. The number of ether oxygens (including phenoxy) is 2. The molecule has 2 amide bonds. The number of nitro benzene ring substituents is 1. The summed E-state index contributed by atoms with van der Waals surface area (Å²) >= 11 is 0. The predicted octanol–water partition coefficient (Wildman–Crippen LogP) is 2.59. The van der Waals surface area contributed by atoms with Crippen LogP contribution in [-0.4, -0.2) is 60.2 Å². The Morgan fingerprint density at radius 2 is 2.03 bits per heavy atom. The van der Waals surface area contributed by atoms with Gasteiger partial charge in [0, 0.05) is 33.5 Å². The molecule has 2 fully saturated rings. The number of nitrogens with zero attached hydrogens (tertiary/aromatic N) is 2. The van der Waals surface area contributed by atoms with Crippen molar-refractivity contribution in [2.45, 2.75) is 44.4 Å². The van der Waals surface area contributed by atoms with Gasteiger partial charge in [-0.25, -0.2) is 4.79 Å². The van der Waals surface area contributed by atoms with E-state index in [1.165, 1.54) is 19.2 Å². The van der Waals surface area contributed by atoms with E-state index in [1.807, 2.05) is 0 Å². The molecule has 10 nitrogen and oxygen atoms in total. The average Bonchev–Trinajstić information content (AvgIpc) is 3.21. The number of rotatable bonds is 6. The van der Waals surface area contributed by atoms with Crippen molar-refractivity contribution in [1.29, 1.82) is 0 Å². The van der Waals surface area contributed by atoms with Crippen LogP contribution in [0.4, 0.5) is 16.2 Å². The molecule has 1 saturated heterocycles. The highest BCUT2D eigenvalue weighted by Crippen LogP contribution is 2.41. The van der Waals surface area contributed by atoms with Crippen molar-refractivity contribution in [3.63, 3.8) is 0 Å². The van der Waals surface area contributed by atoms with Crippen molar-refractivity contribution in [2.24, 2.45) is 5.92 Å². The van der Waals surface area contributed by atoms with Crippen LogP contribution in [0.1, 0.15) is 37.0 Å². The summed E-state index contributed by atoms with van der Waals surface area (Å²) in [5.74, 6) is -0.00728. The Hall–Kier alpha value is -3.17. The Kier molecular flexibility index (Phi) is 5.69. The number of fused-ring (bicyclic) bond motifs is 2. The van der Waals surface area contributed by atoms with Crippen molar-refractivity contribution in [3.8, 4) is 5.75 Å². The number of piperidine rings is 1. The number of carbonyl (C=O) groups excluding carboxylic acids is 2. The molecular weight excluding hydrogens is 392 g/mol. The molecule has 1 aromatic rings. The van der Waals surface area contributed by atoms with Crippen molar-refractivity contribution < 1.29 is 24.0 Å². The number of amides is 2. The fourth-order valence-electron chi connectivity index (χ4n) is 4.31. The minimum atomic E-state index is -0.859. The number of anilines is 1. The number of carbonyl (C=O) groups is 2. The van der Waals surface area contributed by atoms with E-state index < -0.39 is 16.6 Å². The molecular formula is C20H27N4O6+. The number of nitrogens with one attached hydrogen (secondary N) is 2. The molecule has 0 unspecified atom stereocenters. The van der Waals surface area contributed by atoms with Crippen molar-refractivity contribution in [1.82, 2.24) is 10.2 Å². The summed E-state index contributed by atoms with van der Waals surface area (Å²) < 4.78 is 10.5. The van der Waals surface area contributed by atoms with Gasteiger partial charge < -0.3 is 25.0 Å². The van der Waals surface area contributed by atoms with Crippen LogP contribution in [0.2, 0.25) is 0 Å². The smallest absolute Gasteiger partial charge is 0.411 e. The van der Waals surface area contributed by atoms with Crippen molar-refractivity contribution in [2.75, 3.05) is 26.0 Å². The van der Waals surface area contributed by atoms with Gasteiger partial charge in [-0.05, 0) is 24.8 Å². The van der Waals surface area contributed by atoms with Crippen LogP contribution in [0.25, 0.3) is 0 Å². The van der Waals surface area contributed by atoms with E-state index in [-0.39, 0.29) is 46.6 Å². The number of nitro groups is 1. The van der Waals surface area contributed by atoms with E-state index in [1.54, 1.807) is 25.8 Å². The number of hydrogen-bond donors (Lipinski definition) is 2. The molecule has 2 aliphatic rings. The number of hydrogen-bond acceptors (Lipinski definition) is 7. The van der Waals surface area contributed by atoms with Gasteiger partial charge in [0.05, 0.1) is 29.7 Å². The highest BCUT2D eigenvalue weighted by molar-refractivity contribution is 5.97. The van der Waals surface area contributed by atoms with Gasteiger partial charge in [-0.3, -0.25) is 14.9 Å². The van der Waals surface area contributed by atoms with Gasteiger partial charge in [0.2, 0.25) is 5.60 Å². The molecule has 0 radical (unpaired) electrons. The minimum absolute atomic E-state index is 0.105. The lowest BCUT2D eigenvalue weighted by molar-refractivity contribution is -0.384. The monoisotopic (exact) mass is 419 g/mol. The van der Waals surface area contributed by atoms with Crippen LogP contribution in [0.3, 0.4) is 0 Å². The van der Waals surface area contributed by atoms with Crippen LogP contribution in [0, 0.1) is 23.0 Å². The highest BCUT2D eigenvalue weighted by Gasteiger charge is 2.50. The number of alkyl carbamates (subject to hydrolysis) is 1. The summed E-state index contributed by atoms with van der Waals surface area (Å²) in [5, 5.41) is 17.1. The maximum atomic E-state index is 13.2. The van der Waals surface area contributed by atoms with Crippen LogP contribution in [-0.2, 0) is 4.74 Å². The second-order valence-corrected chi connectivity index (χ2v) is 8.26. The van der Waals surface area contributed by atoms with E-state index in [0.717, 1.165) is 12.8 Å². The van der Waals surface area contributed by atoms with Crippen LogP contribution < -0.4 is 15.4 Å². The first-order valence-corrected chi connectivity index (χ1v) is 9.75. The van der Waals surface area contributed by atoms with Gasteiger partial charge in [0.1, 0.15) is 12.7 Å². The molecule has 2 bridgehead atoms. The third-order valence-electron chi connectivity index (χ3n) is 5.50. The highest BCUT2D eigenvalue weighted by atomic mass is 16.6. The van der Waals surface area contributed by atoms with Gasteiger partial charge in [-0.15, -0.1) is 0 Å². The standard InChI is InChI=1S/C20H26N4O6/c1-20(2,3)30-19(26)22-16-11-6-7-13(16)23(10-11)18(25)12-8-14(24(27)28)17(21-4)15(9-12)29-5/h8-9,11,13,16H,1,6-7,10H2,2-5H3,(H-,21,22,25,26)/p+1/t11-,13-,16-/m1/s1. The van der Waals surface area contributed by atoms with Gasteiger partial charge >= 0.3 is 6.09 Å². The normalized spacial score (nSPS) is 22.5. The molecule has 3 rings (SSSR count). The summed E-state index contributed by atoms with van der Waals surface area (Å²) in [4.78, 5) is 38.0. The van der Waals surface area contributed by atoms with Gasteiger partial charge in [0.25, 0.3) is 11.6 Å². The largest absolute Gasteiger partial charge is 0.494 e. The zero-order chi connectivity index (χ0) is 22.2. The molecule has 30 heavy (non-hydrogen) atoms. The molecule has 2 N–H and O–H groups in total. The Balaban J connectivity index is 1.82. The SMILES string of the molecule is [CH2+]C(C)(C)OC(=O)N[C@@H]1[C@@H]2CC[C@H]1N(C(=O)c1cc(OC)c(NC)c([N+](=O)[O-])c1)C2. The number of methoxy groups -OCH3 is 1. The summed E-state index contributed by atoms with van der Waals surface area (Å²) in [7, 11) is 2.94. The van der Waals surface area contributed by atoms with Gasteiger partial charge in [-0.2, -0.15) is 0 Å². The quantitative estimate of drug-likeness (QED) is 0.413. The first-order chi connectivity index (χ1) is 14.1. The first-order valence-electron chi connectivity index (χ1n) is 9.75. The third-order valence-corrected chi connectivity index (χ3v) is 5.50. The van der Waals surface area contributed by atoms with E-state index in [0.29, 0.717) is 6.54 Å². The molecule has 1 aliphatic heterocycles. The van der Waals surface area contributed by atoms with E-state index in [9.17, 15) is 19.7 Å². The van der Waals surface area contributed by atoms with Crippen LogP contribution >= 0.6 is 0 Å². The molecule has 1 saturated carbocycles. The molecule has 1 heterocycles. The third kappa shape index (κ3) is 4.07. The Labute approximate surface area is 175 Å². The zero-order valence-corrected chi connectivity index (χ0v) is 17.6. The van der Waals surface area contributed by atoms with Crippen LogP contribution in [0.15, 0.2) is 12.1 Å². The minimum Gasteiger partial charge on any atom is -0.494 e. The fourth-order valence-corrected chi connectivity index (χ4v) is 4.31. The lowest BCUT2D eigenvalue weighted by Crippen LogP contribution is -2.46. The van der Waals surface area contributed by atoms with Crippen molar-refractivity contribution in [3.05, 3.63) is 34.7 Å². The second-order valence-electron chi connectivity index (χ2n) is 8.26. The van der Waals surface area contributed by atoms with E-state index in [2.05, 4.69) is 17.6 Å². The van der Waals surface area contributed by atoms with Gasteiger partial charge in [-0.1, -0.05) is 0 Å². The fraction of sp³-hybridized carbons (Fsp3) is 0.550. The van der Waals surface area contributed by atoms with Gasteiger partial charge in [0.15, 0.2) is 5.69 Å². The maximum absolute atomic E-state index is 13.2. The molecule has 0 spiro atoms. The lowest BCUT2D eigenvalue weighted by atomic mass is 10.1. The maximum Gasteiger partial charge on any atom is 0.411 e.